The maximum Gasteiger partial charge on any atom is 0.257 e. The molecule has 0 saturated carbocycles. The van der Waals surface area contributed by atoms with Gasteiger partial charge in [-0.3, -0.25) is 9.20 Å². The van der Waals surface area contributed by atoms with Crippen molar-refractivity contribution in [3.05, 3.63) is 119 Å². The van der Waals surface area contributed by atoms with Gasteiger partial charge in [-0.1, -0.05) is 71.6 Å². The normalized spacial score (nSPS) is 22.5. The summed E-state index contributed by atoms with van der Waals surface area (Å²) >= 11 is 0. The van der Waals surface area contributed by atoms with Gasteiger partial charge in [-0.2, -0.15) is 0 Å². The maximum absolute atomic E-state index is 12.7. The quantitative estimate of drug-likeness (QED) is 0.267. The molecule has 4 aromatic heterocycles. The molecule has 208 valence electrons. The fourth-order valence-corrected chi connectivity index (χ4v) is 3.42. The van der Waals surface area contributed by atoms with Crippen molar-refractivity contribution in [2.24, 2.45) is 0 Å². The monoisotopic (exact) mass is 572 g/mol. The minimum absolute atomic E-state index is 0.445. The molecule has 0 fully saturated rings. The van der Waals surface area contributed by atoms with Gasteiger partial charge in [-0.25, -0.2) is 9.97 Å². The van der Waals surface area contributed by atoms with Crippen molar-refractivity contribution in [1.82, 2.24) is 23.7 Å². The minimum Gasteiger partial charge on any atom is -0.377 e. The van der Waals surface area contributed by atoms with Crippen LogP contribution < -0.4 is 0 Å². The van der Waals surface area contributed by atoms with Gasteiger partial charge in [0.2, 0.25) is 0 Å². The molecule has 6 rings (SSSR count). The number of benzene rings is 2. The molecular formula is C34H35N5O2. The second-order valence-corrected chi connectivity index (χ2v) is 8.34. The zero-order valence-electron chi connectivity index (χ0n) is 48.2. The van der Waals surface area contributed by atoms with E-state index in [1.54, 1.807) is 0 Å². The number of imidazole rings is 2. The first-order chi connectivity index (χ1) is 30.8. The van der Waals surface area contributed by atoms with E-state index in [2.05, 4.69) is 9.97 Å². The molecule has 1 amide bonds. The number of aliphatic hydroxyl groups is 1. The third-order valence-corrected chi connectivity index (χ3v) is 5.26. The molecule has 6 aromatic rings. The summed E-state index contributed by atoms with van der Waals surface area (Å²) in [5, 5.41) is 11.0. The van der Waals surface area contributed by atoms with Crippen molar-refractivity contribution in [2.45, 2.75) is 33.5 Å². The van der Waals surface area contributed by atoms with E-state index < -0.39 is 192 Å². The number of likely N-dealkylation sites (N-methyl/N-ethyl adjacent to an activating group) is 1. The number of pyridine rings is 2. The van der Waals surface area contributed by atoms with Gasteiger partial charge in [0.15, 0.2) is 6.10 Å². The number of carbonyl (C=O) groups excluding carboxylic acids is 1. The van der Waals surface area contributed by atoms with Crippen LogP contribution in [0.15, 0.2) is 91.0 Å². The molecule has 1 atom stereocenters. The van der Waals surface area contributed by atoms with Gasteiger partial charge in [0.1, 0.15) is 11.3 Å². The van der Waals surface area contributed by atoms with Crippen LogP contribution in [0.2, 0.25) is 0 Å². The summed E-state index contributed by atoms with van der Waals surface area (Å²) in [6, 6.07) is -10.1. The molecule has 0 saturated heterocycles. The van der Waals surface area contributed by atoms with Crippen molar-refractivity contribution in [2.75, 3.05) is 14.1 Å². The lowest BCUT2D eigenvalue weighted by molar-refractivity contribution is -0.138. The van der Waals surface area contributed by atoms with Crippen molar-refractivity contribution >= 4 is 17.2 Å². The standard InChI is InChI=1S/C19H21N3O2.C15H14N2/c1-12-5-8-14(9-6-12)16-17(18(23)19(24)21(3)4)22-11-13(2)7-10-15(22)20-16;1-11-3-6-13(7-4-11)14-10-17-9-12(2)5-8-15(17)16-14/h5-11,18,23H,1-4H3;3-10H,1-2H3/i1D3,2D3,5D,6D,7D,8D,9D,10D,11D;1D3,2D3,3D,4D,5D,6D,7D,8D,9D,10D. The number of hydrogen-bond acceptors (Lipinski definition) is 4. The summed E-state index contributed by atoms with van der Waals surface area (Å²) in [5.74, 6) is -0.992. The van der Waals surface area contributed by atoms with E-state index in [1.807, 2.05) is 0 Å². The van der Waals surface area contributed by atoms with Crippen LogP contribution in [0.5, 0.6) is 0 Å². The van der Waals surface area contributed by atoms with Crippen molar-refractivity contribution < 1.29 is 46.9 Å². The van der Waals surface area contributed by atoms with E-state index in [9.17, 15) is 9.90 Å². The summed E-state index contributed by atoms with van der Waals surface area (Å²) in [6.45, 7) is -11.9. The van der Waals surface area contributed by atoms with Crippen LogP contribution in [0.3, 0.4) is 0 Å². The number of nitrogens with zero attached hydrogens (tertiary/aromatic N) is 5. The Morgan fingerprint density at radius 2 is 1.32 bits per heavy atom. The molecule has 4 heterocycles. The van der Waals surface area contributed by atoms with Gasteiger partial charge in [-0.15, -0.1) is 0 Å². The van der Waals surface area contributed by atoms with Crippen LogP contribution in [0.4, 0.5) is 0 Å². The predicted molar refractivity (Wildman–Crippen MR) is 164 cm³/mol. The van der Waals surface area contributed by atoms with Crippen molar-refractivity contribution in [1.29, 1.82) is 0 Å². The van der Waals surface area contributed by atoms with Crippen LogP contribution in [0.25, 0.3) is 33.8 Å². The van der Waals surface area contributed by atoms with Gasteiger partial charge in [0, 0.05) is 60.2 Å². The van der Waals surface area contributed by atoms with Crippen molar-refractivity contribution in [3.8, 4) is 22.5 Å². The highest BCUT2D eigenvalue weighted by molar-refractivity contribution is 5.84. The first-order valence-electron chi connectivity index (χ1n) is 24.9. The molecule has 0 radical (unpaired) electrons. The Morgan fingerprint density at radius 3 is 1.93 bits per heavy atom. The molecule has 41 heavy (non-hydrogen) atoms. The van der Waals surface area contributed by atoms with Crippen molar-refractivity contribution in [3.63, 3.8) is 0 Å². The largest absolute Gasteiger partial charge is 0.377 e. The number of hydrogen-bond donors (Lipinski definition) is 1. The topological polar surface area (TPSA) is 75.1 Å². The van der Waals surface area contributed by atoms with E-state index in [-0.39, 0.29) is 0 Å². The smallest absolute Gasteiger partial charge is 0.257 e. The van der Waals surface area contributed by atoms with E-state index in [0.29, 0.717) is 8.80 Å². The highest BCUT2D eigenvalue weighted by Gasteiger charge is 2.27. The van der Waals surface area contributed by atoms with Crippen LogP contribution in [0, 0.1) is 27.4 Å². The van der Waals surface area contributed by atoms with Gasteiger partial charge in [-0.05, 0) is 50.6 Å². The number of aromatic nitrogens is 4. The van der Waals surface area contributed by atoms with Crippen LogP contribution in [-0.4, -0.2) is 48.8 Å². The highest BCUT2D eigenvalue weighted by atomic mass is 16.3. The van der Waals surface area contributed by atoms with E-state index >= 15 is 0 Å². The summed E-state index contributed by atoms with van der Waals surface area (Å²) in [5.41, 5.74) is -7.26. The maximum atomic E-state index is 12.7. The number of fused-ring (bicyclic) bond motifs is 2. The Hall–Kier alpha value is -4.75. The lowest BCUT2D eigenvalue weighted by atomic mass is 10.1. The minimum atomic E-state index is -3.05. The van der Waals surface area contributed by atoms with Crippen LogP contribution in [-0.2, 0) is 4.79 Å². The Bertz CT molecular complexity index is 3030. The van der Waals surface area contributed by atoms with Gasteiger partial charge in [0.05, 0.1) is 37.6 Å². The lowest BCUT2D eigenvalue weighted by Gasteiger charge is -2.17. The molecule has 1 N–H and O–H groups in total. The predicted octanol–water partition coefficient (Wildman–Crippen LogP) is 6.36. The molecule has 7 heteroatoms. The van der Waals surface area contributed by atoms with Gasteiger partial charge >= 0.3 is 0 Å². The summed E-state index contributed by atoms with van der Waals surface area (Å²) < 4.78 is 215. The van der Waals surface area contributed by atoms with Gasteiger partial charge in [0.25, 0.3) is 5.91 Å². The molecular weight excluding hydrogens is 510 g/mol. The van der Waals surface area contributed by atoms with E-state index in [4.69, 9.17) is 37.0 Å². The van der Waals surface area contributed by atoms with Crippen LogP contribution >= 0.6 is 0 Å². The zero-order valence-corrected chi connectivity index (χ0v) is 21.2. The third-order valence-electron chi connectivity index (χ3n) is 5.26. The second-order valence-electron chi connectivity index (χ2n) is 8.34. The fourth-order valence-electron chi connectivity index (χ4n) is 3.42. The Labute approximate surface area is 278 Å². The summed E-state index contributed by atoms with van der Waals surface area (Å²) in [4.78, 5) is 21.7. The van der Waals surface area contributed by atoms with E-state index in [1.165, 1.54) is 14.1 Å². The molecule has 0 aliphatic carbocycles. The molecule has 1 unspecified atom stereocenters. The van der Waals surface area contributed by atoms with Gasteiger partial charge < -0.3 is 14.4 Å². The zero-order chi connectivity index (χ0) is 52.3. The van der Waals surface area contributed by atoms with E-state index in [0.717, 1.165) is 4.90 Å². The lowest BCUT2D eigenvalue weighted by Crippen LogP contribution is -2.29. The number of amides is 1. The second kappa shape index (κ2) is 11.4. The Balaban J connectivity index is 0.000000258. The number of rotatable bonds is 4. The SMILES string of the molecule is [2H]c1c([2H])c(C([2H])([2H])[2H])c([2H])c([2H])c1-c1nc2c([2H])c([2H])c(C([2H])([2H])[2H])c([2H])n2c1C(O)C(=O)N(C)C.[2H]c1c([2H])c(C([2H])([2H])[2H])c([2H])c([2H])c1-c1nc2c([2H])c([2H])c(C([2H])([2H])[2H])c([2H])n2c1[2H]. The average molecular weight is 573 g/mol. The highest BCUT2D eigenvalue weighted by Crippen LogP contribution is 2.30. The Kier molecular flexibility index (Phi) is 2.77. The molecule has 0 aliphatic heterocycles. The van der Waals surface area contributed by atoms with Crippen LogP contribution in [0.1, 0.15) is 71.1 Å². The fraction of sp³-hybridized carbons (Fsp3) is 0.206. The third kappa shape index (κ3) is 5.90. The average Bonchev–Trinajstić information content (AvgIpc) is 3.74. The summed E-state index contributed by atoms with van der Waals surface area (Å²) in [7, 11) is 2.56. The molecule has 7 nitrogen and oxygen atoms in total. The Morgan fingerprint density at radius 1 is 0.756 bits per heavy atom. The number of carbonyl (C=O) groups is 1. The molecule has 0 bridgehead atoms. The first kappa shape index (κ1) is 9.96. The first-order valence-corrected chi connectivity index (χ1v) is 11.4. The molecule has 0 aliphatic rings. The molecule has 2 aromatic carbocycles. The number of aliphatic hydroxyl groups excluding tert-OH is 1. The molecule has 0 spiro atoms. The summed E-state index contributed by atoms with van der Waals surface area (Å²) in [6.07, 6.45) is -4.59.